The molecule has 0 aliphatic heterocycles. The van der Waals surface area contributed by atoms with E-state index in [0.717, 1.165) is 12.8 Å². The van der Waals surface area contributed by atoms with E-state index in [-0.39, 0.29) is 11.4 Å². The van der Waals surface area contributed by atoms with Crippen LogP contribution in [0.25, 0.3) is 0 Å². The van der Waals surface area contributed by atoms with Crippen LogP contribution in [0.1, 0.15) is 39.5 Å². The zero-order chi connectivity index (χ0) is 9.19. The van der Waals surface area contributed by atoms with Crippen molar-refractivity contribution in [2.45, 2.75) is 50.4 Å². The third-order valence-electron chi connectivity index (χ3n) is 2.49. The smallest absolute Gasteiger partial charge is 0.238 e. The maximum Gasteiger partial charge on any atom is 0.238 e. The lowest BCUT2D eigenvalue weighted by Gasteiger charge is -2.25. The monoisotopic (exact) mass is 189 g/mol. The van der Waals surface area contributed by atoms with Crippen LogP contribution in [-0.2, 0) is 4.79 Å². The molecule has 0 heterocycles. The minimum absolute atomic E-state index is 0.0141. The van der Waals surface area contributed by atoms with Crippen LogP contribution in [0.4, 0.5) is 0 Å². The van der Waals surface area contributed by atoms with Crippen LogP contribution in [0.15, 0.2) is 0 Å². The molecule has 1 unspecified atom stereocenters. The molecular weight excluding hydrogens is 174 g/mol. The Kier molecular flexibility index (Phi) is 2.99. The molecule has 2 nitrogen and oxygen atoms in total. The number of rotatable bonds is 2. The van der Waals surface area contributed by atoms with Crippen molar-refractivity contribution in [1.29, 1.82) is 0 Å². The lowest BCUT2D eigenvalue weighted by molar-refractivity contribution is -0.122. The summed E-state index contributed by atoms with van der Waals surface area (Å²) in [6, 6.07) is 0. The molecule has 0 saturated heterocycles. The molecule has 1 atom stereocenters. The highest BCUT2D eigenvalue weighted by atomic mass is 35.5. The number of alkyl halides is 1. The van der Waals surface area contributed by atoms with Gasteiger partial charge in [-0.05, 0) is 26.7 Å². The zero-order valence-corrected chi connectivity index (χ0v) is 8.45. The predicted molar refractivity (Wildman–Crippen MR) is 50.3 cm³/mol. The molecule has 0 radical (unpaired) electrons. The summed E-state index contributed by atoms with van der Waals surface area (Å²) >= 11 is 5.66. The Hall–Kier alpha value is -0.240. The molecule has 1 amide bonds. The van der Waals surface area contributed by atoms with Crippen LogP contribution in [0.2, 0.25) is 0 Å². The van der Waals surface area contributed by atoms with E-state index in [1.54, 1.807) is 6.92 Å². The molecule has 12 heavy (non-hydrogen) atoms. The first kappa shape index (κ1) is 9.85. The number of hydrogen-bond donors (Lipinski definition) is 1. The van der Waals surface area contributed by atoms with Gasteiger partial charge in [-0.2, -0.15) is 0 Å². The van der Waals surface area contributed by atoms with E-state index in [1.807, 2.05) is 0 Å². The highest BCUT2D eigenvalue weighted by Crippen LogP contribution is 2.28. The normalized spacial score (nSPS) is 23.6. The Morgan fingerprint density at radius 2 is 2.00 bits per heavy atom. The number of nitrogens with one attached hydrogen (secondary N) is 1. The van der Waals surface area contributed by atoms with Gasteiger partial charge in [0.2, 0.25) is 5.91 Å². The predicted octanol–water partition coefficient (Wildman–Crippen LogP) is 2.06. The molecule has 1 fully saturated rings. The summed E-state index contributed by atoms with van der Waals surface area (Å²) in [5, 5.41) is 2.57. The van der Waals surface area contributed by atoms with E-state index in [9.17, 15) is 4.79 Å². The van der Waals surface area contributed by atoms with E-state index in [2.05, 4.69) is 12.2 Å². The third-order valence-corrected chi connectivity index (χ3v) is 2.69. The van der Waals surface area contributed by atoms with Crippen molar-refractivity contribution in [3.05, 3.63) is 0 Å². The fraction of sp³-hybridized carbons (Fsp3) is 0.889. The standard InChI is InChI=1S/C9H16ClNO/c1-7(10)8(12)11-9(2)5-3-4-6-9/h7H,3-6H2,1-2H3,(H,11,12). The minimum atomic E-state index is -0.414. The maximum atomic E-state index is 11.3. The second kappa shape index (κ2) is 3.65. The molecule has 1 rings (SSSR count). The largest absolute Gasteiger partial charge is 0.350 e. The quantitative estimate of drug-likeness (QED) is 0.662. The Labute approximate surface area is 78.7 Å². The fourth-order valence-corrected chi connectivity index (χ4v) is 1.73. The average Bonchev–Trinajstić information content (AvgIpc) is 2.35. The zero-order valence-electron chi connectivity index (χ0n) is 7.69. The van der Waals surface area contributed by atoms with Crippen molar-refractivity contribution in [3.8, 4) is 0 Å². The Morgan fingerprint density at radius 1 is 1.50 bits per heavy atom. The van der Waals surface area contributed by atoms with Gasteiger partial charge in [0.05, 0.1) is 0 Å². The summed E-state index contributed by atoms with van der Waals surface area (Å²) < 4.78 is 0. The number of carbonyl (C=O) groups excluding carboxylic acids is 1. The lowest BCUT2D eigenvalue weighted by Crippen LogP contribution is -2.46. The van der Waals surface area contributed by atoms with Crippen LogP contribution in [0.3, 0.4) is 0 Å². The van der Waals surface area contributed by atoms with E-state index >= 15 is 0 Å². The van der Waals surface area contributed by atoms with E-state index in [1.165, 1.54) is 12.8 Å². The maximum absolute atomic E-state index is 11.3. The van der Waals surface area contributed by atoms with Crippen LogP contribution in [-0.4, -0.2) is 16.8 Å². The van der Waals surface area contributed by atoms with Crippen LogP contribution >= 0.6 is 11.6 Å². The van der Waals surface area contributed by atoms with Gasteiger partial charge in [-0.1, -0.05) is 12.8 Å². The fourth-order valence-electron chi connectivity index (χ4n) is 1.68. The molecule has 1 N–H and O–H groups in total. The molecule has 70 valence electrons. The van der Waals surface area contributed by atoms with Gasteiger partial charge in [-0.15, -0.1) is 11.6 Å². The number of halogens is 1. The van der Waals surface area contributed by atoms with Gasteiger partial charge < -0.3 is 5.32 Å². The molecule has 0 aromatic heterocycles. The summed E-state index contributed by atoms with van der Waals surface area (Å²) in [4.78, 5) is 11.3. The molecule has 1 aliphatic rings. The summed E-state index contributed by atoms with van der Waals surface area (Å²) in [5.41, 5.74) is 0.0141. The molecular formula is C9H16ClNO. The molecule has 0 aromatic rings. The number of hydrogen-bond acceptors (Lipinski definition) is 1. The Bertz CT molecular complexity index is 173. The molecule has 0 aromatic carbocycles. The van der Waals surface area contributed by atoms with Gasteiger partial charge in [0, 0.05) is 5.54 Å². The summed E-state index contributed by atoms with van der Waals surface area (Å²) in [5.74, 6) is -0.0407. The molecule has 3 heteroatoms. The minimum Gasteiger partial charge on any atom is -0.350 e. The van der Waals surface area contributed by atoms with E-state index < -0.39 is 5.38 Å². The molecule has 1 saturated carbocycles. The van der Waals surface area contributed by atoms with Crippen molar-refractivity contribution >= 4 is 17.5 Å². The average molecular weight is 190 g/mol. The van der Waals surface area contributed by atoms with Crippen molar-refractivity contribution < 1.29 is 4.79 Å². The second-order valence-corrected chi connectivity index (χ2v) is 4.53. The van der Waals surface area contributed by atoms with Crippen LogP contribution in [0, 0.1) is 0 Å². The highest BCUT2D eigenvalue weighted by molar-refractivity contribution is 6.30. The van der Waals surface area contributed by atoms with Crippen molar-refractivity contribution in [1.82, 2.24) is 5.32 Å². The molecule has 0 bridgehead atoms. The molecule has 1 aliphatic carbocycles. The first-order valence-electron chi connectivity index (χ1n) is 4.50. The van der Waals surface area contributed by atoms with Gasteiger partial charge in [-0.3, -0.25) is 4.79 Å². The highest BCUT2D eigenvalue weighted by Gasteiger charge is 2.30. The van der Waals surface area contributed by atoms with E-state index in [0.29, 0.717) is 0 Å². The first-order valence-corrected chi connectivity index (χ1v) is 4.93. The van der Waals surface area contributed by atoms with Gasteiger partial charge >= 0.3 is 0 Å². The molecule has 0 spiro atoms. The lowest BCUT2D eigenvalue weighted by atomic mass is 10.0. The number of amides is 1. The summed E-state index contributed by atoms with van der Waals surface area (Å²) in [6.07, 6.45) is 4.60. The van der Waals surface area contributed by atoms with Crippen molar-refractivity contribution in [3.63, 3.8) is 0 Å². The van der Waals surface area contributed by atoms with Crippen LogP contribution < -0.4 is 5.32 Å². The topological polar surface area (TPSA) is 29.1 Å². The van der Waals surface area contributed by atoms with Crippen molar-refractivity contribution in [2.75, 3.05) is 0 Å². The second-order valence-electron chi connectivity index (χ2n) is 3.87. The van der Waals surface area contributed by atoms with Gasteiger partial charge in [0.1, 0.15) is 5.38 Å². The van der Waals surface area contributed by atoms with Crippen molar-refractivity contribution in [2.24, 2.45) is 0 Å². The summed E-state index contributed by atoms with van der Waals surface area (Å²) in [6.45, 7) is 3.80. The number of carbonyl (C=O) groups is 1. The van der Waals surface area contributed by atoms with Gasteiger partial charge in [0.25, 0.3) is 0 Å². The van der Waals surface area contributed by atoms with Gasteiger partial charge in [-0.25, -0.2) is 0 Å². The SMILES string of the molecule is CC(Cl)C(=O)NC1(C)CCCC1. The summed E-state index contributed by atoms with van der Waals surface area (Å²) in [7, 11) is 0. The van der Waals surface area contributed by atoms with Crippen LogP contribution in [0.5, 0.6) is 0 Å². The Balaban J connectivity index is 2.44. The Morgan fingerprint density at radius 3 is 2.42 bits per heavy atom. The van der Waals surface area contributed by atoms with E-state index in [4.69, 9.17) is 11.6 Å². The van der Waals surface area contributed by atoms with Gasteiger partial charge in [0.15, 0.2) is 0 Å². The third kappa shape index (κ3) is 2.37. The first-order chi connectivity index (χ1) is 5.53.